The minimum absolute atomic E-state index is 1.01. The molecule has 36 heavy (non-hydrogen) atoms. The predicted octanol–water partition coefficient (Wildman–Crippen LogP) is 11.9. The number of fused-ring (bicyclic) bond motifs is 1. The summed E-state index contributed by atoms with van der Waals surface area (Å²) in [5.74, 6) is 10.8. The maximum absolute atomic E-state index is 2.62. The molecule has 210 valence electrons. The van der Waals surface area contributed by atoms with Crippen LogP contribution in [0.15, 0.2) is 0 Å². The standard InChI is InChI=1S/C23H42.C13H24/c1-3-4-15-21-18(2)17-20-14-11-16-22(20)23(21)19-12-9-7-5-6-8-10-13-19;1-10-4-3-5-12(8-10)13-7-6-11(2)9-13/h18-23H,3-17H2,1-2H3;10-13H,3-9H2,1-2H3. The van der Waals surface area contributed by atoms with Gasteiger partial charge in [0.25, 0.3) is 0 Å². The summed E-state index contributed by atoms with van der Waals surface area (Å²) in [5.41, 5.74) is 0. The van der Waals surface area contributed by atoms with Crippen molar-refractivity contribution >= 4 is 0 Å². The number of hydrogen-bond donors (Lipinski definition) is 0. The molecule has 5 aliphatic carbocycles. The Morgan fingerprint density at radius 1 is 0.500 bits per heavy atom. The molecule has 5 aliphatic rings. The molecule has 0 heteroatoms. The fourth-order valence-corrected chi connectivity index (χ4v) is 10.5. The zero-order valence-electron chi connectivity index (χ0n) is 25.3. The Balaban J connectivity index is 0.000000197. The number of hydrogen-bond acceptors (Lipinski definition) is 0. The smallest absolute Gasteiger partial charge is 0.0324 e. The van der Waals surface area contributed by atoms with Gasteiger partial charge < -0.3 is 0 Å². The first-order valence-electron chi connectivity index (χ1n) is 17.6. The van der Waals surface area contributed by atoms with Crippen LogP contribution in [0.25, 0.3) is 0 Å². The van der Waals surface area contributed by atoms with E-state index in [9.17, 15) is 0 Å². The van der Waals surface area contributed by atoms with Crippen molar-refractivity contribution in [3.8, 4) is 0 Å². The van der Waals surface area contributed by atoms with Crippen LogP contribution in [0.2, 0.25) is 0 Å². The van der Waals surface area contributed by atoms with Crippen molar-refractivity contribution in [2.75, 3.05) is 0 Å². The van der Waals surface area contributed by atoms with Crippen LogP contribution in [0.4, 0.5) is 0 Å². The number of rotatable bonds is 5. The third kappa shape index (κ3) is 8.01. The van der Waals surface area contributed by atoms with Crippen LogP contribution >= 0.6 is 0 Å². The van der Waals surface area contributed by atoms with E-state index < -0.39 is 0 Å². The lowest BCUT2D eigenvalue weighted by Gasteiger charge is -2.48. The molecule has 0 amide bonds. The zero-order valence-corrected chi connectivity index (χ0v) is 25.3. The van der Waals surface area contributed by atoms with Crippen LogP contribution in [0.1, 0.15) is 169 Å². The van der Waals surface area contributed by atoms with Crippen LogP contribution < -0.4 is 0 Å². The summed E-state index contributed by atoms with van der Waals surface area (Å²) in [6, 6.07) is 0. The highest BCUT2D eigenvalue weighted by molar-refractivity contribution is 4.96. The summed E-state index contributed by atoms with van der Waals surface area (Å²) in [5, 5.41) is 0. The molecule has 0 nitrogen and oxygen atoms in total. The van der Waals surface area contributed by atoms with E-state index in [0.717, 1.165) is 59.2 Å². The summed E-state index contributed by atoms with van der Waals surface area (Å²) < 4.78 is 0. The van der Waals surface area contributed by atoms with Gasteiger partial charge in [-0.25, -0.2) is 0 Å². The van der Waals surface area contributed by atoms with Gasteiger partial charge in [-0.2, -0.15) is 0 Å². The van der Waals surface area contributed by atoms with Crippen LogP contribution in [-0.4, -0.2) is 0 Å². The second-order valence-electron chi connectivity index (χ2n) is 15.1. The Kier molecular flexibility index (Phi) is 12.1. The Labute approximate surface area is 227 Å². The van der Waals surface area contributed by atoms with Gasteiger partial charge in [-0.15, -0.1) is 0 Å². The molecule has 0 spiro atoms. The van der Waals surface area contributed by atoms with E-state index in [-0.39, 0.29) is 0 Å². The predicted molar refractivity (Wildman–Crippen MR) is 159 cm³/mol. The van der Waals surface area contributed by atoms with E-state index in [1.807, 2.05) is 0 Å². The first-order valence-corrected chi connectivity index (χ1v) is 17.6. The molecule has 0 aromatic carbocycles. The van der Waals surface area contributed by atoms with Gasteiger partial charge in [0, 0.05) is 0 Å². The second-order valence-corrected chi connectivity index (χ2v) is 15.1. The number of unbranched alkanes of at least 4 members (excludes halogenated alkanes) is 1. The van der Waals surface area contributed by atoms with Crippen molar-refractivity contribution in [2.45, 2.75) is 169 Å². The SMILES string of the molecule is CC1CCCC(C2CCC(C)C2)C1.CCCCC1C(C)CC2CCCC2C1C1CCCCCCCC1. The van der Waals surface area contributed by atoms with Crippen LogP contribution in [0.5, 0.6) is 0 Å². The second kappa shape index (κ2) is 15.0. The molecule has 0 aromatic heterocycles. The lowest BCUT2D eigenvalue weighted by Crippen LogP contribution is -2.41. The Bertz CT molecular complexity index is 583. The summed E-state index contributed by atoms with van der Waals surface area (Å²) in [4.78, 5) is 0. The average molecular weight is 499 g/mol. The maximum Gasteiger partial charge on any atom is -0.0324 e. The molecule has 0 radical (unpaired) electrons. The first-order chi connectivity index (χ1) is 17.6. The average Bonchev–Trinajstić information content (AvgIpc) is 3.54. The fraction of sp³-hybridized carbons (Fsp3) is 1.00. The van der Waals surface area contributed by atoms with E-state index in [4.69, 9.17) is 0 Å². The van der Waals surface area contributed by atoms with E-state index in [0.29, 0.717) is 0 Å². The van der Waals surface area contributed by atoms with Gasteiger partial charge in [0.2, 0.25) is 0 Å². The van der Waals surface area contributed by atoms with Crippen molar-refractivity contribution in [3.05, 3.63) is 0 Å². The van der Waals surface area contributed by atoms with Gasteiger partial charge in [-0.05, 0) is 97.7 Å². The van der Waals surface area contributed by atoms with Crippen LogP contribution in [-0.2, 0) is 0 Å². The minimum Gasteiger partial charge on any atom is -0.0654 e. The normalized spacial score (nSPS) is 42.5. The first kappa shape index (κ1) is 29.0. The molecule has 0 bridgehead atoms. The van der Waals surface area contributed by atoms with Crippen LogP contribution in [0, 0.1) is 59.2 Å². The third-order valence-electron chi connectivity index (χ3n) is 12.3. The topological polar surface area (TPSA) is 0 Å². The van der Waals surface area contributed by atoms with Gasteiger partial charge >= 0.3 is 0 Å². The zero-order chi connectivity index (χ0) is 25.3. The van der Waals surface area contributed by atoms with Crippen molar-refractivity contribution in [1.29, 1.82) is 0 Å². The van der Waals surface area contributed by atoms with E-state index >= 15 is 0 Å². The highest BCUT2D eigenvalue weighted by Gasteiger charge is 2.46. The Morgan fingerprint density at radius 2 is 1.08 bits per heavy atom. The highest BCUT2D eigenvalue weighted by atomic mass is 14.5. The van der Waals surface area contributed by atoms with Crippen molar-refractivity contribution in [3.63, 3.8) is 0 Å². The van der Waals surface area contributed by atoms with Gasteiger partial charge in [0.05, 0.1) is 0 Å². The van der Waals surface area contributed by atoms with E-state index in [1.54, 1.807) is 57.8 Å². The van der Waals surface area contributed by atoms with Gasteiger partial charge in [-0.3, -0.25) is 0 Å². The third-order valence-corrected chi connectivity index (χ3v) is 12.3. The van der Waals surface area contributed by atoms with Gasteiger partial charge in [-0.1, -0.05) is 130 Å². The monoisotopic (exact) mass is 499 g/mol. The fourth-order valence-electron chi connectivity index (χ4n) is 10.5. The molecular formula is C36H66. The maximum atomic E-state index is 2.62. The molecule has 5 fully saturated rings. The summed E-state index contributed by atoms with van der Waals surface area (Å²) >= 11 is 0. The van der Waals surface area contributed by atoms with Crippen molar-refractivity contribution in [2.24, 2.45) is 59.2 Å². The Hall–Kier alpha value is 0. The summed E-state index contributed by atoms with van der Waals surface area (Å²) in [6.45, 7) is 9.90. The lowest BCUT2D eigenvalue weighted by atomic mass is 9.57. The molecule has 0 heterocycles. The molecule has 9 unspecified atom stereocenters. The Morgan fingerprint density at radius 3 is 1.75 bits per heavy atom. The summed E-state index contributed by atoms with van der Waals surface area (Å²) in [7, 11) is 0. The van der Waals surface area contributed by atoms with E-state index in [2.05, 4.69) is 27.7 Å². The minimum atomic E-state index is 1.01. The van der Waals surface area contributed by atoms with E-state index in [1.165, 1.54) is 83.5 Å². The molecule has 5 rings (SSSR count). The van der Waals surface area contributed by atoms with Crippen LogP contribution in [0.3, 0.4) is 0 Å². The molecule has 0 aromatic rings. The van der Waals surface area contributed by atoms with Gasteiger partial charge in [0.1, 0.15) is 0 Å². The molecule has 9 atom stereocenters. The summed E-state index contributed by atoms with van der Waals surface area (Å²) in [6.07, 6.45) is 33.7. The molecule has 5 saturated carbocycles. The van der Waals surface area contributed by atoms with Crippen molar-refractivity contribution < 1.29 is 0 Å². The molecule has 0 saturated heterocycles. The molecule has 0 aliphatic heterocycles. The molecular weight excluding hydrogens is 432 g/mol. The van der Waals surface area contributed by atoms with Gasteiger partial charge in [0.15, 0.2) is 0 Å². The molecule has 0 N–H and O–H groups in total. The highest BCUT2D eigenvalue weighted by Crippen LogP contribution is 2.55. The van der Waals surface area contributed by atoms with Crippen molar-refractivity contribution in [1.82, 2.24) is 0 Å². The quantitative estimate of drug-likeness (QED) is 0.353. The largest absolute Gasteiger partial charge is 0.0654 e. The lowest BCUT2D eigenvalue weighted by molar-refractivity contribution is 0.00764.